The Labute approximate surface area is 222 Å². The van der Waals surface area contributed by atoms with Gasteiger partial charge in [0.05, 0.1) is 17.4 Å². The molecule has 1 atom stereocenters. The zero-order valence-electron chi connectivity index (χ0n) is 21.5. The SMILES string of the molecule is CCCCCN1C(=O)/C(=C\c2c(C)c(C#N)c(=O)n(CC)c2N2CCCC(C(=O)OCC)C2)SC1=S. The van der Waals surface area contributed by atoms with Crippen LogP contribution in [0.1, 0.15) is 69.6 Å². The largest absolute Gasteiger partial charge is 0.466 e. The van der Waals surface area contributed by atoms with Gasteiger partial charge in [-0.25, -0.2) is 0 Å². The van der Waals surface area contributed by atoms with Gasteiger partial charge in [-0.15, -0.1) is 0 Å². The molecule has 1 unspecified atom stereocenters. The minimum atomic E-state index is -0.366. The van der Waals surface area contributed by atoms with Crippen molar-refractivity contribution in [1.82, 2.24) is 9.47 Å². The summed E-state index contributed by atoms with van der Waals surface area (Å²) in [5, 5.41) is 9.78. The van der Waals surface area contributed by atoms with Crippen LogP contribution < -0.4 is 10.5 Å². The number of carbonyl (C=O) groups is 2. The Hall–Kier alpha value is -2.64. The van der Waals surface area contributed by atoms with Crippen molar-refractivity contribution in [3.05, 3.63) is 31.9 Å². The minimum Gasteiger partial charge on any atom is -0.466 e. The van der Waals surface area contributed by atoms with Crippen LogP contribution in [-0.2, 0) is 20.9 Å². The van der Waals surface area contributed by atoms with Crippen molar-refractivity contribution in [3.63, 3.8) is 0 Å². The van der Waals surface area contributed by atoms with Gasteiger partial charge in [0.25, 0.3) is 11.5 Å². The second kappa shape index (κ2) is 12.5. The highest BCUT2D eigenvalue weighted by atomic mass is 32.2. The summed E-state index contributed by atoms with van der Waals surface area (Å²) in [5.74, 6) is -0.0707. The van der Waals surface area contributed by atoms with Crippen molar-refractivity contribution in [2.45, 2.75) is 66.3 Å². The predicted molar refractivity (Wildman–Crippen MR) is 147 cm³/mol. The van der Waals surface area contributed by atoms with Crippen LogP contribution in [0.5, 0.6) is 0 Å². The molecule has 2 aliphatic heterocycles. The van der Waals surface area contributed by atoms with Gasteiger partial charge >= 0.3 is 5.97 Å². The van der Waals surface area contributed by atoms with Crippen molar-refractivity contribution >= 4 is 52.1 Å². The molecular formula is C26H34N4O4S2. The summed E-state index contributed by atoms with van der Waals surface area (Å²) in [6, 6.07) is 2.06. The third-order valence-electron chi connectivity index (χ3n) is 6.64. The Morgan fingerprint density at radius 3 is 2.67 bits per heavy atom. The van der Waals surface area contributed by atoms with E-state index in [2.05, 4.69) is 13.0 Å². The van der Waals surface area contributed by atoms with Crippen molar-refractivity contribution in [2.24, 2.45) is 5.92 Å². The average Bonchev–Trinajstić information content (AvgIpc) is 3.13. The zero-order valence-corrected chi connectivity index (χ0v) is 23.1. The van der Waals surface area contributed by atoms with E-state index < -0.39 is 0 Å². The van der Waals surface area contributed by atoms with Crippen LogP contribution in [-0.4, -0.2) is 51.9 Å². The number of anilines is 1. The molecule has 36 heavy (non-hydrogen) atoms. The molecule has 2 aliphatic rings. The summed E-state index contributed by atoms with van der Waals surface area (Å²) in [6.45, 7) is 9.79. The predicted octanol–water partition coefficient (Wildman–Crippen LogP) is 4.22. The molecule has 0 aromatic carbocycles. The summed E-state index contributed by atoms with van der Waals surface area (Å²) in [7, 11) is 0. The minimum absolute atomic E-state index is 0.0595. The molecule has 3 rings (SSSR count). The highest BCUT2D eigenvalue weighted by molar-refractivity contribution is 8.26. The topological polar surface area (TPSA) is 95.6 Å². The fourth-order valence-electron chi connectivity index (χ4n) is 4.74. The molecule has 0 saturated carbocycles. The normalized spacial score (nSPS) is 19.2. The molecule has 2 saturated heterocycles. The summed E-state index contributed by atoms with van der Waals surface area (Å²) < 4.78 is 7.36. The van der Waals surface area contributed by atoms with Gasteiger partial charge in [0.1, 0.15) is 21.8 Å². The van der Waals surface area contributed by atoms with E-state index in [4.69, 9.17) is 17.0 Å². The standard InChI is InChI=1S/C26H34N4O4S2/c1-5-8-9-13-30-24(32)21(36-26(30)35)14-19-17(4)20(15-27)23(31)29(6-2)22(19)28-12-10-11-18(16-28)25(33)34-7-3/h14,18H,5-13,16H2,1-4H3/b21-14+. The second-order valence-corrected chi connectivity index (χ2v) is 10.7. The summed E-state index contributed by atoms with van der Waals surface area (Å²) >= 11 is 6.74. The number of nitrogens with zero attached hydrogens (tertiary/aromatic N) is 4. The first-order valence-electron chi connectivity index (χ1n) is 12.6. The van der Waals surface area contributed by atoms with Crippen molar-refractivity contribution in [2.75, 3.05) is 31.1 Å². The first kappa shape index (κ1) is 27.9. The van der Waals surface area contributed by atoms with Crippen LogP contribution in [0.25, 0.3) is 6.08 Å². The maximum absolute atomic E-state index is 13.2. The number of hydrogen-bond donors (Lipinski definition) is 0. The maximum Gasteiger partial charge on any atom is 0.310 e. The number of nitriles is 1. The fourth-order valence-corrected chi connectivity index (χ4v) is 6.03. The number of hydrogen-bond acceptors (Lipinski definition) is 8. The van der Waals surface area contributed by atoms with E-state index in [1.807, 2.05) is 11.8 Å². The van der Waals surface area contributed by atoms with E-state index in [-0.39, 0.29) is 28.9 Å². The van der Waals surface area contributed by atoms with E-state index in [1.54, 1.807) is 29.4 Å². The second-order valence-electron chi connectivity index (χ2n) is 8.98. The number of unbranched alkanes of at least 4 members (excludes halogenated alkanes) is 2. The average molecular weight is 531 g/mol. The lowest BCUT2D eigenvalue weighted by molar-refractivity contribution is -0.148. The number of pyridine rings is 1. The Bertz CT molecular complexity index is 1170. The van der Waals surface area contributed by atoms with Crippen LogP contribution in [0.4, 0.5) is 5.82 Å². The Balaban J connectivity index is 2.11. The van der Waals surface area contributed by atoms with Gasteiger partial charge < -0.3 is 9.64 Å². The molecule has 2 fully saturated rings. The molecule has 0 aliphatic carbocycles. The lowest BCUT2D eigenvalue weighted by atomic mass is 9.96. The molecule has 0 bridgehead atoms. The smallest absolute Gasteiger partial charge is 0.310 e. The molecule has 3 heterocycles. The first-order valence-corrected chi connectivity index (χ1v) is 13.9. The van der Waals surface area contributed by atoms with E-state index in [1.165, 1.54) is 11.8 Å². The monoisotopic (exact) mass is 530 g/mol. The van der Waals surface area contributed by atoms with Crippen LogP contribution in [0, 0.1) is 24.2 Å². The number of ether oxygens (including phenoxy) is 1. The van der Waals surface area contributed by atoms with E-state index >= 15 is 0 Å². The molecule has 8 nitrogen and oxygen atoms in total. The highest BCUT2D eigenvalue weighted by Gasteiger charge is 2.34. The third-order valence-corrected chi connectivity index (χ3v) is 8.02. The van der Waals surface area contributed by atoms with Crippen molar-refractivity contribution in [1.29, 1.82) is 5.26 Å². The maximum atomic E-state index is 13.2. The lowest BCUT2D eigenvalue weighted by Crippen LogP contribution is -2.43. The molecule has 10 heteroatoms. The fraction of sp³-hybridized carbons (Fsp3) is 0.577. The molecule has 194 valence electrons. The quantitative estimate of drug-likeness (QED) is 0.203. The van der Waals surface area contributed by atoms with Crippen molar-refractivity contribution in [3.8, 4) is 6.07 Å². The first-order chi connectivity index (χ1) is 17.3. The summed E-state index contributed by atoms with van der Waals surface area (Å²) in [5.41, 5.74) is 0.863. The summed E-state index contributed by atoms with van der Waals surface area (Å²) in [6.07, 6.45) is 6.19. The number of piperidine rings is 1. The van der Waals surface area contributed by atoms with Crippen LogP contribution in [0.2, 0.25) is 0 Å². The van der Waals surface area contributed by atoms with Gasteiger partial charge in [-0.05, 0) is 51.7 Å². The number of rotatable bonds is 9. The number of amides is 1. The third kappa shape index (κ3) is 5.68. The Morgan fingerprint density at radius 1 is 1.28 bits per heavy atom. The van der Waals surface area contributed by atoms with Crippen LogP contribution >= 0.6 is 24.0 Å². The van der Waals surface area contributed by atoms with Crippen LogP contribution in [0.3, 0.4) is 0 Å². The number of aromatic nitrogens is 1. The van der Waals surface area contributed by atoms with Gasteiger partial charge in [-0.2, -0.15) is 5.26 Å². The molecule has 0 radical (unpaired) electrons. The lowest BCUT2D eigenvalue weighted by Gasteiger charge is -2.36. The molecule has 1 aromatic rings. The summed E-state index contributed by atoms with van der Waals surface area (Å²) in [4.78, 5) is 43.1. The van der Waals surface area contributed by atoms with Gasteiger partial charge in [0, 0.05) is 31.7 Å². The molecule has 0 spiro atoms. The number of thioether (sulfide) groups is 1. The molecule has 0 N–H and O–H groups in total. The van der Waals surface area contributed by atoms with E-state index in [0.29, 0.717) is 65.4 Å². The number of esters is 1. The zero-order chi connectivity index (χ0) is 26.4. The molecule has 1 aromatic heterocycles. The van der Waals surface area contributed by atoms with E-state index in [9.17, 15) is 19.6 Å². The number of thiocarbonyl (C=S) groups is 1. The van der Waals surface area contributed by atoms with Gasteiger partial charge in [0.15, 0.2) is 0 Å². The highest BCUT2D eigenvalue weighted by Crippen LogP contribution is 2.37. The van der Waals surface area contributed by atoms with Crippen molar-refractivity contribution < 1.29 is 14.3 Å². The van der Waals surface area contributed by atoms with Gasteiger partial charge in [0.2, 0.25) is 0 Å². The molecule has 1 amide bonds. The Kier molecular flexibility index (Phi) is 9.74. The van der Waals surface area contributed by atoms with Gasteiger partial charge in [-0.3, -0.25) is 23.9 Å². The number of carbonyl (C=O) groups excluding carboxylic acids is 2. The molecular weight excluding hydrogens is 496 g/mol. The van der Waals surface area contributed by atoms with Crippen LogP contribution in [0.15, 0.2) is 9.70 Å². The Morgan fingerprint density at radius 2 is 2.03 bits per heavy atom. The van der Waals surface area contributed by atoms with Gasteiger partial charge in [-0.1, -0.05) is 43.7 Å². The van der Waals surface area contributed by atoms with E-state index in [0.717, 1.165) is 25.7 Å².